The standard InChI is InChI=1S/C19H26BrNO4S/c1-10-8-11-15(26-17(23)21-11)14(20)13(10)12(25-19(5,6)7)9-24-16(22)18(2,3)4/h8,12H,9H2,1-7H3,(H,21,23)/t12-/m1/s1. The Bertz CT molecular complexity index is 871. The zero-order valence-electron chi connectivity index (χ0n) is 16.3. The lowest BCUT2D eigenvalue weighted by atomic mass is 9.97. The van der Waals surface area contributed by atoms with Crippen LogP contribution in [0, 0.1) is 12.3 Å². The predicted octanol–water partition coefficient (Wildman–Crippen LogP) is 5.11. The van der Waals surface area contributed by atoms with Gasteiger partial charge in [-0.2, -0.15) is 0 Å². The van der Waals surface area contributed by atoms with E-state index in [4.69, 9.17) is 9.47 Å². The van der Waals surface area contributed by atoms with Gasteiger partial charge in [-0.1, -0.05) is 11.3 Å². The fourth-order valence-corrected chi connectivity index (χ4v) is 4.35. The molecule has 1 aromatic carbocycles. The van der Waals surface area contributed by atoms with Gasteiger partial charge < -0.3 is 14.5 Å². The third-order valence-corrected chi connectivity index (χ3v) is 5.70. The van der Waals surface area contributed by atoms with Crippen molar-refractivity contribution in [2.75, 3.05) is 6.61 Å². The molecule has 2 aromatic rings. The number of esters is 1. The van der Waals surface area contributed by atoms with Gasteiger partial charge in [-0.05, 0) is 76.0 Å². The minimum absolute atomic E-state index is 0.107. The number of thiazole rings is 1. The maximum atomic E-state index is 12.2. The number of carbonyl (C=O) groups excluding carboxylic acids is 1. The van der Waals surface area contributed by atoms with Crippen molar-refractivity contribution in [3.63, 3.8) is 0 Å². The molecule has 1 atom stereocenters. The van der Waals surface area contributed by atoms with Gasteiger partial charge in [0.1, 0.15) is 12.7 Å². The van der Waals surface area contributed by atoms with Crippen LogP contribution in [0.1, 0.15) is 58.8 Å². The fourth-order valence-electron chi connectivity index (χ4n) is 2.56. The molecule has 1 N–H and O–H groups in total. The molecule has 5 nitrogen and oxygen atoms in total. The molecule has 0 radical (unpaired) electrons. The summed E-state index contributed by atoms with van der Waals surface area (Å²) in [6, 6.07) is 1.93. The first-order valence-electron chi connectivity index (χ1n) is 8.46. The van der Waals surface area contributed by atoms with E-state index in [2.05, 4.69) is 20.9 Å². The molecule has 0 aliphatic heterocycles. The van der Waals surface area contributed by atoms with Crippen LogP contribution < -0.4 is 4.87 Å². The van der Waals surface area contributed by atoms with Gasteiger partial charge in [0, 0.05) is 10.0 Å². The SMILES string of the molecule is Cc1cc2[nH]c(=O)sc2c(Br)c1[C@@H](COC(=O)C(C)(C)C)OC(C)(C)C. The average Bonchev–Trinajstić information content (AvgIpc) is 2.82. The van der Waals surface area contributed by atoms with Crippen molar-refractivity contribution >= 4 is 43.5 Å². The highest BCUT2D eigenvalue weighted by Crippen LogP contribution is 2.38. The smallest absolute Gasteiger partial charge is 0.311 e. The molecule has 7 heteroatoms. The molecule has 0 saturated carbocycles. The second-order valence-corrected chi connectivity index (χ2v) is 10.2. The summed E-state index contributed by atoms with van der Waals surface area (Å²) in [4.78, 5) is 26.7. The molecule has 1 heterocycles. The van der Waals surface area contributed by atoms with E-state index in [0.29, 0.717) is 0 Å². The van der Waals surface area contributed by atoms with E-state index in [-0.39, 0.29) is 17.4 Å². The van der Waals surface area contributed by atoms with Gasteiger partial charge in [0.15, 0.2) is 0 Å². The lowest BCUT2D eigenvalue weighted by molar-refractivity contribution is -0.162. The molecule has 0 unspecified atom stereocenters. The summed E-state index contributed by atoms with van der Waals surface area (Å²) < 4.78 is 13.4. The number of nitrogens with one attached hydrogen (secondary N) is 1. The van der Waals surface area contributed by atoms with Crippen LogP contribution in [0.5, 0.6) is 0 Å². The third-order valence-electron chi connectivity index (χ3n) is 3.69. The second kappa shape index (κ2) is 7.44. The van der Waals surface area contributed by atoms with E-state index >= 15 is 0 Å². The summed E-state index contributed by atoms with van der Waals surface area (Å²) in [5.74, 6) is -0.277. The summed E-state index contributed by atoms with van der Waals surface area (Å²) in [5, 5.41) is 0. The largest absolute Gasteiger partial charge is 0.462 e. The first-order valence-corrected chi connectivity index (χ1v) is 10.1. The van der Waals surface area contributed by atoms with Crippen LogP contribution in [0.3, 0.4) is 0 Å². The van der Waals surface area contributed by atoms with Gasteiger partial charge in [-0.25, -0.2) is 0 Å². The molecule has 0 aliphatic rings. The van der Waals surface area contributed by atoms with Crippen molar-refractivity contribution in [1.82, 2.24) is 4.98 Å². The Kier molecular flexibility index (Phi) is 6.05. The lowest BCUT2D eigenvalue weighted by Crippen LogP contribution is -2.29. The van der Waals surface area contributed by atoms with E-state index in [9.17, 15) is 9.59 Å². The number of hydrogen-bond donors (Lipinski definition) is 1. The number of halogens is 1. The van der Waals surface area contributed by atoms with Crippen LogP contribution in [0.4, 0.5) is 0 Å². The van der Waals surface area contributed by atoms with Gasteiger partial charge in [0.05, 0.1) is 21.2 Å². The van der Waals surface area contributed by atoms with Crippen LogP contribution in [-0.2, 0) is 14.3 Å². The van der Waals surface area contributed by atoms with Gasteiger partial charge in [-0.15, -0.1) is 0 Å². The van der Waals surface area contributed by atoms with Crippen LogP contribution in [0.2, 0.25) is 0 Å². The fraction of sp³-hybridized carbons (Fsp3) is 0.579. The van der Waals surface area contributed by atoms with Crippen LogP contribution in [0.15, 0.2) is 15.3 Å². The van der Waals surface area contributed by atoms with Crippen molar-refractivity contribution in [3.8, 4) is 0 Å². The number of ether oxygens (including phenoxy) is 2. The highest BCUT2D eigenvalue weighted by atomic mass is 79.9. The first-order chi connectivity index (χ1) is 11.8. The Morgan fingerprint density at radius 1 is 1.27 bits per heavy atom. The van der Waals surface area contributed by atoms with Gasteiger partial charge in [0.25, 0.3) is 0 Å². The van der Waals surface area contributed by atoms with Crippen molar-refractivity contribution in [1.29, 1.82) is 0 Å². The Balaban J connectivity index is 2.46. The summed E-state index contributed by atoms with van der Waals surface area (Å²) in [6.07, 6.45) is -0.447. The number of aromatic nitrogens is 1. The number of rotatable bonds is 4. The van der Waals surface area contributed by atoms with E-state index in [1.54, 1.807) is 0 Å². The van der Waals surface area contributed by atoms with E-state index in [1.807, 2.05) is 54.5 Å². The van der Waals surface area contributed by atoms with Gasteiger partial charge >= 0.3 is 10.8 Å². The normalized spacial score (nSPS) is 13.8. The quantitative estimate of drug-likeness (QED) is 0.666. The Morgan fingerprint density at radius 2 is 1.88 bits per heavy atom. The number of aryl methyl sites for hydroxylation is 1. The van der Waals surface area contributed by atoms with Crippen LogP contribution >= 0.6 is 27.3 Å². The third kappa shape index (κ3) is 4.96. The summed E-state index contributed by atoms with van der Waals surface area (Å²) >= 11 is 4.78. The number of aromatic amines is 1. The second-order valence-electron chi connectivity index (χ2n) is 8.38. The summed E-state index contributed by atoms with van der Waals surface area (Å²) in [5.41, 5.74) is 1.63. The lowest BCUT2D eigenvalue weighted by Gasteiger charge is -2.30. The van der Waals surface area contributed by atoms with Crippen molar-refractivity contribution < 1.29 is 14.3 Å². The van der Waals surface area contributed by atoms with E-state index in [0.717, 1.165) is 37.2 Å². The first kappa shape index (κ1) is 21.1. The van der Waals surface area contributed by atoms with Crippen molar-refractivity contribution in [2.45, 2.75) is 60.2 Å². The van der Waals surface area contributed by atoms with Crippen LogP contribution in [0.25, 0.3) is 10.2 Å². The molecular weight excluding hydrogens is 418 g/mol. The molecule has 0 fully saturated rings. The Hall–Kier alpha value is -1.18. The molecule has 0 bridgehead atoms. The van der Waals surface area contributed by atoms with Crippen molar-refractivity contribution in [3.05, 3.63) is 31.3 Å². The van der Waals surface area contributed by atoms with E-state index < -0.39 is 17.1 Å². The molecule has 0 amide bonds. The monoisotopic (exact) mass is 443 g/mol. The minimum atomic E-state index is -0.581. The summed E-state index contributed by atoms with van der Waals surface area (Å²) in [7, 11) is 0. The minimum Gasteiger partial charge on any atom is -0.462 e. The maximum absolute atomic E-state index is 12.2. The molecule has 26 heavy (non-hydrogen) atoms. The zero-order valence-corrected chi connectivity index (χ0v) is 18.7. The molecule has 0 saturated heterocycles. The van der Waals surface area contributed by atoms with Crippen molar-refractivity contribution in [2.24, 2.45) is 5.41 Å². The number of carbonyl (C=O) groups is 1. The molecular formula is C19H26BrNO4S. The zero-order chi connectivity index (χ0) is 19.9. The Morgan fingerprint density at radius 3 is 2.42 bits per heavy atom. The highest BCUT2D eigenvalue weighted by molar-refractivity contribution is 9.10. The van der Waals surface area contributed by atoms with E-state index in [1.165, 1.54) is 0 Å². The predicted molar refractivity (Wildman–Crippen MR) is 109 cm³/mol. The number of benzene rings is 1. The average molecular weight is 444 g/mol. The highest BCUT2D eigenvalue weighted by Gasteiger charge is 2.29. The Labute approximate surface area is 166 Å². The summed E-state index contributed by atoms with van der Waals surface area (Å²) in [6.45, 7) is 13.4. The molecule has 0 aliphatic carbocycles. The molecule has 1 aromatic heterocycles. The topological polar surface area (TPSA) is 68.4 Å². The number of fused-ring (bicyclic) bond motifs is 1. The maximum Gasteiger partial charge on any atom is 0.311 e. The van der Waals surface area contributed by atoms with Gasteiger partial charge in [-0.3, -0.25) is 9.59 Å². The van der Waals surface area contributed by atoms with Gasteiger partial charge in [0.2, 0.25) is 0 Å². The number of H-pyrrole nitrogens is 1. The van der Waals surface area contributed by atoms with Crippen LogP contribution in [-0.4, -0.2) is 23.2 Å². The molecule has 2 rings (SSSR count). The molecule has 144 valence electrons. The number of hydrogen-bond acceptors (Lipinski definition) is 5. The molecule has 0 spiro atoms.